The average molecular weight is 461 g/mol. The molecule has 0 radical (unpaired) electrons. The molecular formula is C25H28N6O3. The van der Waals surface area contributed by atoms with Gasteiger partial charge in [0.1, 0.15) is 11.7 Å². The summed E-state index contributed by atoms with van der Waals surface area (Å²) in [6, 6.07) is 7.10. The molecule has 3 amide bonds. The van der Waals surface area contributed by atoms with Gasteiger partial charge in [-0.05, 0) is 68.4 Å². The van der Waals surface area contributed by atoms with Gasteiger partial charge in [0.15, 0.2) is 5.82 Å². The Morgan fingerprint density at radius 2 is 2.00 bits per heavy atom. The van der Waals surface area contributed by atoms with Crippen LogP contribution in [0.15, 0.2) is 29.3 Å². The maximum absolute atomic E-state index is 13.0. The van der Waals surface area contributed by atoms with Gasteiger partial charge in [0, 0.05) is 37.7 Å². The highest BCUT2D eigenvalue weighted by atomic mass is 16.2. The molecule has 0 aliphatic carbocycles. The summed E-state index contributed by atoms with van der Waals surface area (Å²) in [6.45, 7) is 7.01. The number of hydrogen-bond donors (Lipinski definition) is 2. The molecule has 1 atom stereocenters. The number of carbonyl (C=O) groups excluding carboxylic acids is 3. The number of carbonyl (C=O) groups is 3. The summed E-state index contributed by atoms with van der Waals surface area (Å²) in [6.07, 6.45) is 2.99. The summed E-state index contributed by atoms with van der Waals surface area (Å²) in [5.41, 5.74) is 4.95. The van der Waals surface area contributed by atoms with Crippen LogP contribution < -0.4 is 10.6 Å². The maximum atomic E-state index is 13.0. The molecule has 176 valence electrons. The van der Waals surface area contributed by atoms with Crippen molar-refractivity contribution in [3.63, 3.8) is 0 Å². The Balaban J connectivity index is 1.46. The zero-order valence-corrected chi connectivity index (χ0v) is 19.3. The number of imide groups is 1. The fraction of sp³-hybridized carbons (Fsp3) is 0.400. The second-order valence-electron chi connectivity index (χ2n) is 9.03. The second-order valence-corrected chi connectivity index (χ2v) is 9.03. The minimum absolute atomic E-state index is 0.180. The van der Waals surface area contributed by atoms with E-state index in [0.29, 0.717) is 24.3 Å². The zero-order valence-electron chi connectivity index (χ0n) is 19.3. The minimum Gasteiger partial charge on any atom is -0.371 e. The van der Waals surface area contributed by atoms with Crippen molar-refractivity contribution in [2.45, 2.75) is 44.8 Å². The highest BCUT2D eigenvalue weighted by Crippen LogP contribution is 2.35. The van der Waals surface area contributed by atoms with Gasteiger partial charge < -0.3 is 10.2 Å². The monoisotopic (exact) mass is 460 g/mol. The molecule has 2 saturated heterocycles. The molecule has 9 nitrogen and oxygen atoms in total. The quantitative estimate of drug-likeness (QED) is 0.507. The summed E-state index contributed by atoms with van der Waals surface area (Å²) >= 11 is 0. The van der Waals surface area contributed by atoms with E-state index in [1.54, 1.807) is 11.0 Å². The number of benzene rings is 1. The van der Waals surface area contributed by atoms with Crippen LogP contribution in [0.5, 0.6) is 0 Å². The van der Waals surface area contributed by atoms with Crippen molar-refractivity contribution < 1.29 is 14.4 Å². The lowest BCUT2D eigenvalue weighted by molar-refractivity contribution is -0.136. The molecule has 2 aromatic rings. The molecule has 0 saturated carbocycles. The van der Waals surface area contributed by atoms with Crippen LogP contribution in [-0.4, -0.2) is 65.4 Å². The zero-order chi connectivity index (χ0) is 23.8. The Hall–Kier alpha value is -3.59. The largest absolute Gasteiger partial charge is 0.371 e. The van der Waals surface area contributed by atoms with E-state index >= 15 is 0 Å². The first-order chi connectivity index (χ1) is 16.5. The first-order valence-electron chi connectivity index (χ1n) is 11.7. The highest BCUT2D eigenvalue weighted by molar-refractivity contribution is 6.05. The van der Waals surface area contributed by atoms with Crippen LogP contribution in [0.2, 0.25) is 0 Å². The number of nitrogens with zero attached hydrogens (tertiary/aromatic N) is 4. The molecule has 3 aliphatic heterocycles. The average Bonchev–Trinajstić information content (AvgIpc) is 3.46. The van der Waals surface area contributed by atoms with Gasteiger partial charge in [0.2, 0.25) is 11.8 Å². The van der Waals surface area contributed by atoms with Gasteiger partial charge in [-0.2, -0.15) is 0 Å². The number of rotatable bonds is 6. The summed E-state index contributed by atoms with van der Waals surface area (Å²) in [7, 11) is 1.82. The number of piperidine rings is 1. The maximum Gasteiger partial charge on any atom is 0.255 e. The molecule has 0 bridgehead atoms. The van der Waals surface area contributed by atoms with E-state index in [-0.39, 0.29) is 18.2 Å². The molecule has 5 rings (SSSR count). The molecular weight excluding hydrogens is 432 g/mol. The van der Waals surface area contributed by atoms with Crippen LogP contribution in [0.25, 0.3) is 11.3 Å². The number of fused-ring (bicyclic) bond motifs is 1. The van der Waals surface area contributed by atoms with Gasteiger partial charge in [-0.15, -0.1) is 0 Å². The van der Waals surface area contributed by atoms with Crippen LogP contribution in [0.3, 0.4) is 0 Å². The first kappa shape index (κ1) is 22.2. The van der Waals surface area contributed by atoms with E-state index < -0.39 is 11.9 Å². The predicted molar refractivity (Wildman–Crippen MR) is 129 cm³/mol. The van der Waals surface area contributed by atoms with E-state index in [9.17, 15) is 14.4 Å². The molecule has 3 aliphatic rings. The molecule has 4 heterocycles. The van der Waals surface area contributed by atoms with Crippen LogP contribution in [0, 0.1) is 0 Å². The Labute approximate surface area is 198 Å². The Morgan fingerprint density at radius 1 is 1.21 bits per heavy atom. The van der Waals surface area contributed by atoms with E-state index in [4.69, 9.17) is 4.98 Å². The van der Waals surface area contributed by atoms with Crippen LogP contribution in [-0.2, 0) is 22.7 Å². The fourth-order valence-electron chi connectivity index (χ4n) is 5.13. The molecule has 1 aromatic heterocycles. The highest BCUT2D eigenvalue weighted by Gasteiger charge is 2.39. The number of anilines is 1. The van der Waals surface area contributed by atoms with E-state index in [1.165, 1.54) is 12.8 Å². The number of likely N-dealkylation sites (tertiary alicyclic amines) is 1. The van der Waals surface area contributed by atoms with E-state index in [0.717, 1.165) is 47.7 Å². The Morgan fingerprint density at radius 3 is 2.71 bits per heavy atom. The van der Waals surface area contributed by atoms with Crippen molar-refractivity contribution in [1.29, 1.82) is 0 Å². The lowest BCUT2D eigenvalue weighted by Gasteiger charge is -2.29. The summed E-state index contributed by atoms with van der Waals surface area (Å²) < 4.78 is 0. The summed E-state index contributed by atoms with van der Waals surface area (Å²) in [5, 5.41) is 5.49. The second kappa shape index (κ2) is 8.98. The Kier molecular flexibility index (Phi) is 5.87. The van der Waals surface area contributed by atoms with Crippen molar-refractivity contribution in [2.24, 2.45) is 4.99 Å². The van der Waals surface area contributed by atoms with Gasteiger partial charge >= 0.3 is 0 Å². The van der Waals surface area contributed by atoms with Crippen molar-refractivity contribution >= 4 is 35.9 Å². The number of nitrogens with one attached hydrogen (secondary N) is 2. The number of aliphatic imine (C=N–C) groups is 1. The third kappa shape index (κ3) is 3.96. The predicted octanol–water partition coefficient (Wildman–Crippen LogP) is 2.48. The topological polar surface area (TPSA) is 107 Å². The molecule has 1 aromatic carbocycles. The number of hydrogen-bond acceptors (Lipinski definition) is 7. The van der Waals surface area contributed by atoms with Crippen molar-refractivity contribution in [1.82, 2.24) is 20.1 Å². The van der Waals surface area contributed by atoms with Gasteiger partial charge in [0.25, 0.3) is 5.91 Å². The molecule has 0 spiro atoms. The third-order valence-corrected chi connectivity index (χ3v) is 6.88. The lowest BCUT2D eigenvalue weighted by Crippen LogP contribution is -2.52. The van der Waals surface area contributed by atoms with Gasteiger partial charge in [0.05, 0.1) is 5.69 Å². The lowest BCUT2D eigenvalue weighted by atomic mass is 10.0. The standard InChI is InChI=1S/C25H28N6O3/c1-26-22-17(13-30-9-3-4-10-30)12-19(28-23(22)27-2)15-5-6-18-16(11-15)14-31(25(18)34)20-7-8-21(32)29-24(20)33/h5-6,11-12,20H,1,3-4,7-10,13-14H2,2H3,(H,27,28)(H,29,32,33). The smallest absolute Gasteiger partial charge is 0.255 e. The van der Waals surface area contributed by atoms with E-state index in [2.05, 4.69) is 33.3 Å². The fourth-order valence-corrected chi connectivity index (χ4v) is 5.13. The molecule has 9 heteroatoms. The molecule has 34 heavy (non-hydrogen) atoms. The third-order valence-electron chi connectivity index (χ3n) is 6.88. The van der Waals surface area contributed by atoms with Crippen LogP contribution in [0.1, 0.15) is 47.2 Å². The van der Waals surface area contributed by atoms with Crippen molar-refractivity contribution in [3.05, 3.63) is 41.0 Å². The van der Waals surface area contributed by atoms with Crippen LogP contribution >= 0.6 is 0 Å². The Bertz CT molecular complexity index is 1190. The number of aromatic nitrogens is 1. The van der Waals surface area contributed by atoms with Crippen molar-refractivity contribution in [2.75, 3.05) is 25.5 Å². The SMILES string of the molecule is C=Nc1c(CN2CCCC2)cc(-c2ccc3c(c2)CN(C2CCC(=O)NC2=O)C3=O)nc1NC. The van der Waals surface area contributed by atoms with Gasteiger partial charge in [-0.1, -0.05) is 6.07 Å². The van der Waals surface area contributed by atoms with E-state index in [1.807, 2.05) is 19.2 Å². The number of pyridine rings is 1. The summed E-state index contributed by atoms with van der Waals surface area (Å²) in [4.78, 5) is 49.8. The minimum atomic E-state index is -0.625. The molecule has 2 fully saturated rings. The van der Waals surface area contributed by atoms with Crippen molar-refractivity contribution in [3.8, 4) is 11.3 Å². The summed E-state index contributed by atoms with van der Waals surface area (Å²) in [5.74, 6) is -0.206. The molecule has 2 N–H and O–H groups in total. The van der Waals surface area contributed by atoms with Gasteiger partial charge in [-0.3, -0.25) is 29.6 Å². The normalized spacial score (nSPS) is 20.4. The molecule has 1 unspecified atom stereocenters. The number of amides is 3. The van der Waals surface area contributed by atoms with Gasteiger partial charge in [-0.25, -0.2) is 4.98 Å². The first-order valence-corrected chi connectivity index (χ1v) is 11.7. The van der Waals surface area contributed by atoms with Crippen LogP contribution in [0.4, 0.5) is 11.5 Å².